The summed E-state index contributed by atoms with van der Waals surface area (Å²) < 4.78 is 31.9. The van der Waals surface area contributed by atoms with E-state index in [1.165, 1.54) is 67.0 Å². The lowest BCUT2D eigenvalue weighted by molar-refractivity contribution is -0.384. The van der Waals surface area contributed by atoms with Crippen LogP contribution in [0.4, 0.5) is 20.2 Å². The second kappa shape index (κ2) is 16.1. The number of rotatable bonds is 9. The number of esters is 1. The normalized spacial score (nSPS) is 10.5. The van der Waals surface area contributed by atoms with Crippen molar-refractivity contribution in [3.05, 3.63) is 157 Å². The fourth-order valence-corrected chi connectivity index (χ4v) is 6.19. The van der Waals surface area contributed by atoms with Crippen molar-refractivity contribution >= 4 is 51.9 Å². The van der Waals surface area contributed by atoms with Crippen LogP contribution >= 0.6 is 23.6 Å². The van der Waals surface area contributed by atoms with E-state index in [2.05, 4.69) is 4.98 Å². The van der Waals surface area contributed by atoms with Gasteiger partial charge in [-0.25, -0.2) is 23.4 Å². The minimum atomic E-state index is -1.25. The Kier molecular flexibility index (Phi) is 11.3. The molecule has 0 aliphatic carbocycles. The van der Waals surface area contributed by atoms with E-state index >= 15 is 0 Å². The van der Waals surface area contributed by atoms with Gasteiger partial charge in [-0.2, -0.15) is 0 Å². The maximum atomic E-state index is 14.1. The SMILES string of the molecule is COC(=O)c1cc(C(N)=S)ccc1-c1ccccc1[N+](=O)[O-].O=C(O)c1cc(-c2nc(-c3ccc(F)cc3F)cs2)ccc1-c1ccccc1[N+](=O)[O-]. The number of carbonyl (C=O) groups is 2. The third kappa shape index (κ3) is 8.24. The second-order valence-corrected chi connectivity index (χ2v) is 12.2. The molecule has 0 bridgehead atoms. The van der Waals surface area contributed by atoms with Gasteiger partial charge >= 0.3 is 11.9 Å². The van der Waals surface area contributed by atoms with Gasteiger partial charge in [-0.15, -0.1) is 11.3 Å². The highest BCUT2D eigenvalue weighted by atomic mass is 32.1. The molecule has 0 atom stereocenters. The number of nitro groups is 2. The van der Waals surface area contributed by atoms with E-state index in [-0.39, 0.29) is 49.9 Å². The number of nitrogens with zero attached hydrogens (tertiary/aromatic N) is 3. The molecule has 6 aromatic rings. The number of methoxy groups -OCH3 is 1. The molecule has 0 spiro atoms. The molecule has 12 nitrogen and oxygen atoms in total. The lowest BCUT2D eigenvalue weighted by Gasteiger charge is -2.10. The lowest BCUT2D eigenvalue weighted by Crippen LogP contribution is -2.12. The maximum absolute atomic E-state index is 14.1. The number of carbonyl (C=O) groups excluding carboxylic acids is 1. The van der Waals surface area contributed by atoms with Crippen molar-refractivity contribution in [3.63, 3.8) is 0 Å². The molecule has 0 fully saturated rings. The average molecular weight is 755 g/mol. The number of hydrogen-bond acceptors (Lipinski definition) is 10. The number of carboxylic acids is 1. The van der Waals surface area contributed by atoms with Crippen LogP contribution in [0.25, 0.3) is 44.1 Å². The summed E-state index contributed by atoms with van der Waals surface area (Å²) in [5, 5.41) is 34.2. The molecule has 53 heavy (non-hydrogen) atoms. The molecule has 0 aliphatic rings. The molecule has 0 aliphatic heterocycles. The standard InChI is InChI=1S/C22H12F2N2O4S.C15H12N2O4S/c23-13-6-8-16(18(24)10-13)19-11-31-21(25-19)12-5-7-14(17(9-12)22(27)28)15-3-1-2-4-20(15)26(29)30;1-21-15(18)12-8-9(14(16)22)6-7-10(12)11-4-2-3-5-13(11)17(19)20/h1-11H,(H,27,28);2-8H,1H3,(H2,16,22). The molecule has 0 radical (unpaired) electrons. The molecule has 0 unspecified atom stereocenters. The molecule has 1 heterocycles. The first kappa shape index (κ1) is 37.5. The number of thiocarbonyl (C=S) groups is 1. The van der Waals surface area contributed by atoms with Gasteiger partial charge in [0.25, 0.3) is 11.4 Å². The number of nitrogens with two attached hydrogens (primary N) is 1. The Morgan fingerprint density at radius 2 is 1.36 bits per heavy atom. The molecule has 0 saturated heterocycles. The van der Waals surface area contributed by atoms with Gasteiger partial charge in [0, 0.05) is 51.4 Å². The van der Waals surface area contributed by atoms with Crippen molar-refractivity contribution in [3.8, 4) is 44.1 Å². The molecular weight excluding hydrogens is 731 g/mol. The Hall–Kier alpha value is -6.78. The predicted molar refractivity (Wildman–Crippen MR) is 198 cm³/mol. The quantitative estimate of drug-likeness (QED) is 0.0622. The van der Waals surface area contributed by atoms with E-state index in [1.54, 1.807) is 47.8 Å². The molecule has 0 saturated carbocycles. The van der Waals surface area contributed by atoms with Crippen molar-refractivity contribution in [1.29, 1.82) is 0 Å². The van der Waals surface area contributed by atoms with Crippen molar-refractivity contribution in [2.24, 2.45) is 5.73 Å². The van der Waals surface area contributed by atoms with Crippen LogP contribution in [0.3, 0.4) is 0 Å². The van der Waals surface area contributed by atoms with Crippen LogP contribution in [0, 0.1) is 31.9 Å². The lowest BCUT2D eigenvalue weighted by atomic mass is 9.96. The van der Waals surface area contributed by atoms with Crippen LogP contribution in [0.1, 0.15) is 26.3 Å². The van der Waals surface area contributed by atoms with E-state index in [4.69, 9.17) is 22.7 Å². The molecule has 0 amide bonds. The highest BCUT2D eigenvalue weighted by Gasteiger charge is 2.23. The smallest absolute Gasteiger partial charge is 0.338 e. The number of aromatic carboxylic acids is 1. The number of ether oxygens (including phenoxy) is 1. The van der Waals surface area contributed by atoms with E-state index in [0.29, 0.717) is 27.3 Å². The highest BCUT2D eigenvalue weighted by molar-refractivity contribution is 7.80. The zero-order valence-electron chi connectivity index (χ0n) is 27.2. The Morgan fingerprint density at radius 3 is 1.91 bits per heavy atom. The summed E-state index contributed by atoms with van der Waals surface area (Å²) in [5.41, 5.74) is 7.74. The largest absolute Gasteiger partial charge is 0.478 e. The van der Waals surface area contributed by atoms with Crippen LogP contribution in [0.15, 0.2) is 109 Å². The average Bonchev–Trinajstić information content (AvgIpc) is 3.64. The van der Waals surface area contributed by atoms with Gasteiger partial charge in [-0.3, -0.25) is 20.2 Å². The van der Waals surface area contributed by atoms with E-state index < -0.39 is 33.4 Å². The summed E-state index contributed by atoms with van der Waals surface area (Å²) in [4.78, 5) is 49.8. The molecule has 1 aromatic heterocycles. The Labute approximate surface area is 308 Å². The van der Waals surface area contributed by atoms with E-state index in [0.717, 1.165) is 12.1 Å². The summed E-state index contributed by atoms with van der Waals surface area (Å²) in [6, 6.07) is 24.3. The summed E-state index contributed by atoms with van der Waals surface area (Å²) in [6.45, 7) is 0. The van der Waals surface area contributed by atoms with Gasteiger partial charge in [0.05, 0.1) is 44.9 Å². The first-order chi connectivity index (χ1) is 25.3. The Balaban J connectivity index is 0.000000217. The minimum absolute atomic E-state index is 0.101. The molecule has 5 aromatic carbocycles. The zero-order chi connectivity index (χ0) is 38.4. The van der Waals surface area contributed by atoms with Crippen molar-refractivity contribution in [2.45, 2.75) is 0 Å². The van der Waals surface area contributed by atoms with Crippen molar-refractivity contribution in [2.75, 3.05) is 7.11 Å². The molecule has 16 heteroatoms. The Bertz CT molecular complexity index is 2440. The van der Waals surface area contributed by atoms with Gasteiger partial charge in [-0.1, -0.05) is 60.7 Å². The predicted octanol–water partition coefficient (Wildman–Crippen LogP) is 8.71. The Morgan fingerprint density at radius 1 is 0.792 bits per heavy atom. The van der Waals surface area contributed by atoms with Gasteiger partial charge in [-0.05, 0) is 36.4 Å². The number of benzene rings is 5. The zero-order valence-corrected chi connectivity index (χ0v) is 28.8. The summed E-state index contributed by atoms with van der Waals surface area (Å²) in [7, 11) is 1.24. The van der Waals surface area contributed by atoms with Gasteiger partial charge < -0.3 is 15.6 Å². The number of nitro benzene ring substituents is 2. The monoisotopic (exact) mass is 754 g/mol. The van der Waals surface area contributed by atoms with Gasteiger partial charge in [0.15, 0.2) is 0 Å². The van der Waals surface area contributed by atoms with Crippen LogP contribution in [-0.2, 0) is 4.74 Å². The number of hydrogen-bond donors (Lipinski definition) is 2. The van der Waals surface area contributed by atoms with Gasteiger partial charge in [0.1, 0.15) is 21.6 Å². The topological polar surface area (TPSA) is 189 Å². The summed E-state index contributed by atoms with van der Waals surface area (Å²) in [6.07, 6.45) is 0. The van der Waals surface area contributed by atoms with E-state index in [1.807, 2.05) is 0 Å². The minimum Gasteiger partial charge on any atom is -0.478 e. The summed E-state index contributed by atoms with van der Waals surface area (Å²) in [5.74, 6) is -3.33. The summed E-state index contributed by atoms with van der Waals surface area (Å²) >= 11 is 6.06. The number of thiazole rings is 1. The fraction of sp³-hybridized carbons (Fsp3) is 0.0270. The van der Waals surface area contributed by atoms with Crippen LogP contribution in [-0.4, -0.2) is 44.0 Å². The van der Waals surface area contributed by atoms with Gasteiger partial charge in [0.2, 0.25) is 0 Å². The van der Waals surface area contributed by atoms with Crippen LogP contribution in [0.5, 0.6) is 0 Å². The fourth-order valence-electron chi connectivity index (χ4n) is 5.25. The van der Waals surface area contributed by atoms with Crippen molar-refractivity contribution < 1.29 is 38.1 Å². The number of para-hydroxylation sites is 2. The first-order valence-electron chi connectivity index (χ1n) is 15.1. The van der Waals surface area contributed by atoms with Crippen LogP contribution in [0.2, 0.25) is 0 Å². The third-order valence-corrected chi connectivity index (χ3v) is 8.83. The number of aromatic nitrogens is 1. The highest BCUT2D eigenvalue weighted by Crippen LogP contribution is 2.37. The van der Waals surface area contributed by atoms with Crippen LogP contribution < -0.4 is 5.73 Å². The number of halogens is 2. The van der Waals surface area contributed by atoms with E-state index in [9.17, 15) is 43.7 Å². The molecular formula is C37H24F2N4O8S2. The molecule has 6 rings (SSSR count). The second-order valence-electron chi connectivity index (χ2n) is 10.9. The third-order valence-electron chi connectivity index (χ3n) is 7.70. The number of carboxylic acid groups (broad SMARTS) is 1. The maximum Gasteiger partial charge on any atom is 0.338 e. The molecule has 3 N–H and O–H groups in total. The first-order valence-corrected chi connectivity index (χ1v) is 16.4. The van der Waals surface area contributed by atoms with Crippen molar-refractivity contribution in [1.82, 2.24) is 4.98 Å². The molecule has 266 valence electrons.